The second kappa shape index (κ2) is 7.15. The van der Waals surface area contributed by atoms with Gasteiger partial charge in [-0.2, -0.15) is 4.68 Å². The summed E-state index contributed by atoms with van der Waals surface area (Å²) < 4.78 is 12.2. The molecule has 0 aliphatic heterocycles. The molecule has 3 rings (SSSR count). The SMILES string of the molecule is COc1ccc(-n2nnnc2SCc2ccccc2OC)cc1. The normalized spacial score (nSPS) is 10.5. The van der Waals surface area contributed by atoms with E-state index in [4.69, 9.17) is 9.47 Å². The van der Waals surface area contributed by atoms with E-state index in [2.05, 4.69) is 15.5 Å². The molecule has 0 spiro atoms. The van der Waals surface area contributed by atoms with Gasteiger partial charge in [0.05, 0.1) is 19.9 Å². The van der Waals surface area contributed by atoms with Crippen LogP contribution in [0.15, 0.2) is 53.7 Å². The van der Waals surface area contributed by atoms with E-state index in [9.17, 15) is 0 Å². The van der Waals surface area contributed by atoms with Crippen molar-refractivity contribution < 1.29 is 9.47 Å². The first-order valence-electron chi connectivity index (χ1n) is 6.99. The third-order valence-corrected chi connectivity index (χ3v) is 4.28. The monoisotopic (exact) mass is 328 g/mol. The van der Waals surface area contributed by atoms with Crippen LogP contribution in [0.5, 0.6) is 11.5 Å². The summed E-state index contributed by atoms with van der Waals surface area (Å²) in [5, 5.41) is 12.7. The molecule has 0 amide bonds. The highest BCUT2D eigenvalue weighted by Crippen LogP contribution is 2.27. The molecule has 3 aromatic rings. The summed E-state index contributed by atoms with van der Waals surface area (Å²) >= 11 is 1.56. The van der Waals surface area contributed by atoms with Crippen LogP contribution in [0.1, 0.15) is 5.56 Å². The van der Waals surface area contributed by atoms with Crippen molar-refractivity contribution >= 4 is 11.8 Å². The summed E-state index contributed by atoms with van der Waals surface area (Å²) in [5.74, 6) is 2.38. The number of para-hydroxylation sites is 1. The summed E-state index contributed by atoms with van der Waals surface area (Å²) in [7, 11) is 3.31. The van der Waals surface area contributed by atoms with Crippen molar-refractivity contribution in [1.82, 2.24) is 20.2 Å². The first kappa shape index (κ1) is 15.4. The highest BCUT2D eigenvalue weighted by Gasteiger charge is 2.11. The number of rotatable bonds is 6. The van der Waals surface area contributed by atoms with Crippen molar-refractivity contribution in [3.63, 3.8) is 0 Å². The molecule has 2 aromatic carbocycles. The molecule has 0 fully saturated rings. The first-order chi connectivity index (χ1) is 11.3. The van der Waals surface area contributed by atoms with Crippen molar-refractivity contribution in [2.75, 3.05) is 14.2 Å². The Balaban J connectivity index is 1.78. The van der Waals surface area contributed by atoms with Gasteiger partial charge in [-0.15, -0.1) is 5.10 Å². The smallest absolute Gasteiger partial charge is 0.214 e. The second-order valence-corrected chi connectivity index (χ2v) is 5.61. The Kier molecular flexibility index (Phi) is 4.77. The van der Waals surface area contributed by atoms with Crippen molar-refractivity contribution in [3.8, 4) is 17.2 Å². The molecular weight excluding hydrogens is 312 g/mol. The number of hydrogen-bond acceptors (Lipinski definition) is 6. The second-order valence-electron chi connectivity index (χ2n) is 4.67. The van der Waals surface area contributed by atoms with E-state index in [1.54, 1.807) is 30.7 Å². The lowest BCUT2D eigenvalue weighted by Gasteiger charge is -2.08. The van der Waals surface area contributed by atoms with Gasteiger partial charge in [-0.1, -0.05) is 30.0 Å². The Bertz CT molecular complexity index is 774. The van der Waals surface area contributed by atoms with Gasteiger partial charge in [0.25, 0.3) is 0 Å². The molecule has 7 heteroatoms. The highest BCUT2D eigenvalue weighted by atomic mass is 32.2. The molecule has 0 radical (unpaired) electrons. The Morgan fingerprint density at radius 3 is 2.52 bits per heavy atom. The fourth-order valence-electron chi connectivity index (χ4n) is 2.12. The predicted molar refractivity (Wildman–Crippen MR) is 88.3 cm³/mol. The molecule has 0 N–H and O–H groups in total. The van der Waals surface area contributed by atoms with E-state index in [1.165, 1.54) is 0 Å². The number of benzene rings is 2. The number of tetrazole rings is 1. The number of hydrogen-bond donors (Lipinski definition) is 0. The minimum atomic E-state index is 0.723. The summed E-state index contributed by atoms with van der Waals surface area (Å²) in [6, 6.07) is 15.5. The van der Waals surface area contributed by atoms with Crippen molar-refractivity contribution in [1.29, 1.82) is 0 Å². The van der Waals surface area contributed by atoms with E-state index in [1.807, 2.05) is 48.5 Å². The average molecular weight is 328 g/mol. The van der Waals surface area contributed by atoms with E-state index < -0.39 is 0 Å². The Morgan fingerprint density at radius 1 is 1.00 bits per heavy atom. The van der Waals surface area contributed by atoms with Crippen LogP contribution in [0, 0.1) is 0 Å². The average Bonchev–Trinajstić information content (AvgIpc) is 3.08. The fraction of sp³-hybridized carbons (Fsp3) is 0.188. The molecule has 1 heterocycles. The van der Waals surface area contributed by atoms with Gasteiger partial charge in [0.2, 0.25) is 5.16 Å². The van der Waals surface area contributed by atoms with Gasteiger partial charge in [0, 0.05) is 11.3 Å². The van der Waals surface area contributed by atoms with Gasteiger partial charge >= 0.3 is 0 Å². The quantitative estimate of drug-likeness (QED) is 0.648. The summed E-state index contributed by atoms with van der Waals surface area (Å²) in [5.41, 5.74) is 1.99. The lowest BCUT2D eigenvalue weighted by molar-refractivity contribution is 0.411. The summed E-state index contributed by atoms with van der Waals surface area (Å²) in [4.78, 5) is 0. The van der Waals surface area contributed by atoms with Crippen molar-refractivity contribution in [2.45, 2.75) is 10.9 Å². The lowest BCUT2D eigenvalue weighted by Crippen LogP contribution is -1.99. The van der Waals surface area contributed by atoms with E-state index in [0.717, 1.165) is 33.7 Å². The minimum Gasteiger partial charge on any atom is -0.497 e. The number of aromatic nitrogens is 4. The molecule has 0 atom stereocenters. The Labute approximate surface area is 138 Å². The van der Waals surface area contributed by atoms with E-state index >= 15 is 0 Å². The van der Waals surface area contributed by atoms with Crippen LogP contribution in [0.3, 0.4) is 0 Å². The van der Waals surface area contributed by atoms with E-state index in [-0.39, 0.29) is 0 Å². The molecule has 0 aliphatic carbocycles. The maximum Gasteiger partial charge on any atom is 0.214 e. The number of thioether (sulfide) groups is 1. The molecule has 23 heavy (non-hydrogen) atoms. The number of nitrogens with zero attached hydrogens (tertiary/aromatic N) is 4. The number of ether oxygens (including phenoxy) is 2. The van der Waals surface area contributed by atoms with Gasteiger partial charge in [0.1, 0.15) is 11.5 Å². The topological polar surface area (TPSA) is 62.1 Å². The molecule has 0 saturated carbocycles. The predicted octanol–water partition coefficient (Wildman–Crippen LogP) is 2.97. The van der Waals surface area contributed by atoms with Crippen molar-refractivity contribution in [3.05, 3.63) is 54.1 Å². The third-order valence-electron chi connectivity index (χ3n) is 3.31. The van der Waals surface area contributed by atoms with Crippen LogP contribution < -0.4 is 9.47 Å². The maximum atomic E-state index is 5.37. The zero-order valence-electron chi connectivity index (χ0n) is 12.8. The molecule has 0 saturated heterocycles. The van der Waals surface area contributed by atoms with Crippen LogP contribution in [-0.4, -0.2) is 34.4 Å². The summed E-state index contributed by atoms with van der Waals surface area (Å²) in [6.07, 6.45) is 0. The largest absolute Gasteiger partial charge is 0.497 e. The highest BCUT2D eigenvalue weighted by molar-refractivity contribution is 7.98. The van der Waals surface area contributed by atoms with Gasteiger partial charge in [-0.05, 0) is 40.8 Å². The molecule has 118 valence electrons. The molecular formula is C16H16N4O2S. The molecule has 0 unspecified atom stereocenters. The number of methoxy groups -OCH3 is 2. The van der Waals surface area contributed by atoms with Gasteiger partial charge < -0.3 is 9.47 Å². The van der Waals surface area contributed by atoms with Crippen LogP contribution in [0.4, 0.5) is 0 Å². The third kappa shape index (κ3) is 3.45. The minimum absolute atomic E-state index is 0.723. The van der Waals surface area contributed by atoms with Gasteiger partial charge in [-0.3, -0.25) is 0 Å². The Hall–Kier alpha value is -2.54. The molecule has 6 nitrogen and oxygen atoms in total. The zero-order valence-corrected chi connectivity index (χ0v) is 13.7. The Morgan fingerprint density at radius 2 is 1.78 bits per heavy atom. The van der Waals surface area contributed by atoms with Crippen LogP contribution in [0.2, 0.25) is 0 Å². The standard InChI is InChI=1S/C16H16N4O2S/c1-21-14-9-7-13(8-10-14)20-16(17-18-19-20)23-11-12-5-3-4-6-15(12)22-2/h3-10H,11H2,1-2H3. The summed E-state index contributed by atoms with van der Waals surface area (Å²) in [6.45, 7) is 0. The zero-order chi connectivity index (χ0) is 16.1. The van der Waals surface area contributed by atoms with Gasteiger partial charge in [-0.25, -0.2) is 0 Å². The molecule has 0 bridgehead atoms. The lowest BCUT2D eigenvalue weighted by atomic mass is 10.2. The fourth-order valence-corrected chi connectivity index (χ4v) is 3.00. The van der Waals surface area contributed by atoms with Crippen LogP contribution in [-0.2, 0) is 5.75 Å². The van der Waals surface area contributed by atoms with Crippen molar-refractivity contribution in [2.24, 2.45) is 0 Å². The van der Waals surface area contributed by atoms with Crippen LogP contribution >= 0.6 is 11.8 Å². The van der Waals surface area contributed by atoms with Gasteiger partial charge in [0.15, 0.2) is 0 Å². The maximum absolute atomic E-state index is 5.37. The molecule has 0 aliphatic rings. The van der Waals surface area contributed by atoms with E-state index in [0.29, 0.717) is 0 Å². The van der Waals surface area contributed by atoms with Crippen LogP contribution in [0.25, 0.3) is 5.69 Å². The first-order valence-corrected chi connectivity index (χ1v) is 7.98. The molecule has 1 aromatic heterocycles.